The predicted octanol–water partition coefficient (Wildman–Crippen LogP) is 4.46. The van der Waals surface area contributed by atoms with Crippen LogP contribution in [-0.4, -0.2) is 17.9 Å². The third kappa shape index (κ3) is 4.85. The van der Waals surface area contributed by atoms with Crippen LogP contribution < -0.4 is 10.6 Å². The van der Waals surface area contributed by atoms with Gasteiger partial charge in [0.05, 0.1) is 0 Å². The van der Waals surface area contributed by atoms with Gasteiger partial charge in [0.25, 0.3) is 5.91 Å². The van der Waals surface area contributed by atoms with Crippen molar-refractivity contribution in [2.45, 2.75) is 46.6 Å². The number of nitrogens with one attached hydrogen (secondary N) is 2. The molecule has 1 aliphatic carbocycles. The van der Waals surface area contributed by atoms with E-state index in [9.17, 15) is 9.59 Å². The quantitative estimate of drug-likeness (QED) is 0.771. The van der Waals surface area contributed by atoms with Crippen LogP contribution in [0.25, 0.3) is 6.08 Å². The van der Waals surface area contributed by atoms with Gasteiger partial charge >= 0.3 is 0 Å². The topological polar surface area (TPSA) is 58.2 Å². The highest BCUT2D eigenvalue weighted by Crippen LogP contribution is 2.22. The van der Waals surface area contributed by atoms with Gasteiger partial charge < -0.3 is 10.6 Å². The van der Waals surface area contributed by atoms with Crippen LogP contribution in [0, 0.1) is 27.7 Å². The highest BCUT2D eigenvalue weighted by Gasteiger charge is 2.24. The van der Waals surface area contributed by atoms with Crippen molar-refractivity contribution in [1.29, 1.82) is 0 Å². The summed E-state index contributed by atoms with van der Waals surface area (Å²) in [5.41, 5.74) is 6.75. The molecule has 0 spiro atoms. The van der Waals surface area contributed by atoms with Crippen LogP contribution in [0.1, 0.15) is 51.0 Å². The van der Waals surface area contributed by atoms with E-state index >= 15 is 0 Å². The summed E-state index contributed by atoms with van der Waals surface area (Å²) in [7, 11) is 0. The largest absolute Gasteiger partial charge is 0.349 e. The molecule has 140 valence electrons. The minimum atomic E-state index is -0.213. The van der Waals surface area contributed by atoms with Crippen LogP contribution in [0.4, 0.5) is 5.69 Å². The maximum Gasteiger partial charge on any atom is 0.251 e. The number of carbonyl (C=O) groups excluding carboxylic acids is 2. The van der Waals surface area contributed by atoms with E-state index in [-0.39, 0.29) is 11.8 Å². The van der Waals surface area contributed by atoms with Crippen molar-refractivity contribution in [2.75, 3.05) is 5.32 Å². The number of amides is 2. The molecule has 2 amide bonds. The minimum Gasteiger partial charge on any atom is -0.349 e. The number of hydrogen-bond donors (Lipinski definition) is 2. The SMILES string of the molecule is Cc1cc(C)c(/C=C/C(=O)Nc2cc(C(=O)NC3CC3)ccc2C)cc1C. The van der Waals surface area contributed by atoms with Crippen molar-refractivity contribution in [3.05, 3.63) is 69.8 Å². The first kappa shape index (κ1) is 18.9. The summed E-state index contributed by atoms with van der Waals surface area (Å²) in [6.45, 7) is 8.09. The van der Waals surface area contributed by atoms with Gasteiger partial charge in [0.2, 0.25) is 5.91 Å². The molecule has 3 rings (SSSR count). The van der Waals surface area contributed by atoms with Gasteiger partial charge in [-0.05, 0) is 86.6 Å². The third-order valence-electron chi connectivity index (χ3n) is 4.97. The lowest BCUT2D eigenvalue weighted by molar-refractivity contribution is -0.111. The lowest BCUT2D eigenvalue weighted by Gasteiger charge is -2.10. The fourth-order valence-corrected chi connectivity index (χ4v) is 2.90. The first-order valence-corrected chi connectivity index (χ1v) is 9.32. The molecule has 2 aromatic rings. The van der Waals surface area contributed by atoms with Gasteiger partial charge in [-0.1, -0.05) is 18.2 Å². The first-order chi connectivity index (χ1) is 12.8. The summed E-state index contributed by atoms with van der Waals surface area (Å²) in [6.07, 6.45) is 5.46. The van der Waals surface area contributed by atoms with E-state index in [0.29, 0.717) is 17.3 Å². The Morgan fingerprint density at radius 3 is 2.33 bits per heavy atom. The maximum absolute atomic E-state index is 12.4. The second-order valence-electron chi connectivity index (χ2n) is 7.39. The molecule has 2 N–H and O–H groups in total. The molecule has 1 saturated carbocycles. The number of aryl methyl sites for hydroxylation is 4. The van der Waals surface area contributed by atoms with E-state index in [1.165, 1.54) is 17.2 Å². The summed E-state index contributed by atoms with van der Waals surface area (Å²) in [5.74, 6) is -0.301. The predicted molar refractivity (Wildman–Crippen MR) is 110 cm³/mol. The van der Waals surface area contributed by atoms with Gasteiger partial charge in [-0.3, -0.25) is 9.59 Å². The molecule has 0 aliphatic heterocycles. The van der Waals surface area contributed by atoms with Gasteiger partial charge in [0.1, 0.15) is 0 Å². The van der Waals surface area contributed by atoms with Crippen molar-refractivity contribution in [1.82, 2.24) is 5.32 Å². The van der Waals surface area contributed by atoms with E-state index in [1.807, 2.05) is 26.0 Å². The molecule has 2 aromatic carbocycles. The zero-order valence-corrected chi connectivity index (χ0v) is 16.3. The van der Waals surface area contributed by atoms with Crippen molar-refractivity contribution >= 4 is 23.6 Å². The minimum absolute atomic E-state index is 0.0886. The molecule has 0 heterocycles. The Labute approximate surface area is 160 Å². The molecule has 1 aliphatic rings. The second-order valence-corrected chi connectivity index (χ2v) is 7.39. The molecule has 0 radical (unpaired) electrons. The monoisotopic (exact) mass is 362 g/mol. The van der Waals surface area contributed by atoms with Crippen LogP contribution in [-0.2, 0) is 4.79 Å². The first-order valence-electron chi connectivity index (χ1n) is 9.32. The standard InChI is InChI=1S/C23H26N2O2/c1-14-5-6-19(23(27)24-20-8-9-20)13-21(14)25-22(26)10-7-18-12-16(3)15(2)11-17(18)4/h5-7,10-13,20H,8-9H2,1-4H3,(H,24,27)(H,25,26)/b10-7+. The van der Waals surface area contributed by atoms with Gasteiger partial charge in [-0.15, -0.1) is 0 Å². The molecular formula is C23H26N2O2. The Hall–Kier alpha value is -2.88. The van der Waals surface area contributed by atoms with Gasteiger partial charge in [0.15, 0.2) is 0 Å². The zero-order chi connectivity index (χ0) is 19.6. The Balaban J connectivity index is 1.71. The lowest BCUT2D eigenvalue weighted by atomic mass is 10.0. The summed E-state index contributed by atoms with van der Waals surface area (Å²) in [4.78, 5) is 24.6. The molecule has 0 saturated heterocycles. The van der Waals surface area contributed by atoms with Crippen molar-refractivity contribution in [3.63, 3.8) is 0 Å². The Morgan fingerprint density at radius 1 is 0.926 bits per heavy atom. The van der Waals surface area contributed by atoms with E-state index < -0.39 is 0 Å². The van der Waals surface area contributed by atoms with Crippen LogP contribution in [0.2, 0.25) is 0 Å². The zero-order valence-electron chi connectivity index (χ0n) is 16.3. The van der Waals surface area contributed by atoms with E-state index in [0.717, 1.165) is 29.5 Å². The Bertz CT molecular complexity index is 924. The van der Waals surface area contributed by atoms with Crippen molar-refractivity contribution in [2.24, 2.45) is 0 Å². The summed E-state index contributed by atoms with van der Waals surface area (Å²) in [5, 5.41) is 5.85. The number of carbonyl (C=O) groups is 2. The van der Waals surface area contributed by atoms with E-state index in [2.05, 4.69) is 36.6 Å². The third-order valence-corrected chi connectivity index (χ3v) is 4.97. The van der Waals surface area contributed by atoms with Crippen LogP contribution in [0.5, 0.6) is 0 Å². The summed E-state index contributed by atoms with van der Waals surface area (Å²) >= 11 is 0. The summed E-state index contributed by atoms with van der Waals surface area (Å²) in [6, 6.07) is 9.90. The average molecular weight is 362 g/mol. The molecule has 0 atom stereocenters. The van der Waals surface area contributed by atoms with E-state index in [4.69, 9.17) is 0 Å². The molecule has 1 fully saturated rings. The number of anilines is 1. The van der Waals surface area contributed by atoms with Crippen LogP contribution in [0.3, 0.4) is 0 Å². The molecular weight excluding hydrogens is 336 g/mol. The number of hydrogen-bond acceptors (Lipinski definition) is 2. The molecule has 0 unspecified atom stereocenters. The smallest absolute Gasteiger partial charge is 0.251 e. The highest BCUT2D eigenvalue weighted by atomic mass is 16.2. The fourth-order valence-electron chi connectivity index (χ4n) is 2.90. The second kappa shape index (κ2) is 7.78. The fraction of sp³-hybridized carbons (Fsp3) is 0.304. The van der Waals surface area contributed by atoms with Crippen LogP contribution >= 0.6 is 0 Å². The van der Waals surface area contributed by atoms with Crippen molar-refractivity contribution in [3.8, 4) is 0 Å². The maximum atomic E-state index is 12.4. The molecule has 0 bridgehead atoms. The summed E-state index contributed by atoms with van der Waals surface area (Å²) < 4.78 is 0. The normalized spacial score (nSPS) is 13.6. The van der Waals surface area contributed by atoms with Crippen molar-refractivity contribution < 1.29 is 9.59 Å². The Kier molecular flexibility index (Phi) is 5.45. The number of benzene rings is 2. The highest BCUT2D eigenvalue weighted by molar-refractivity contribution is 6.03. The van der Waals surface area contributed by atoms with Gasteiger partial charge in [-0.2, -0.15) is 0 Å². The molecule has 0 aromatic heterocycles. The molecule has 27 heavy (non-hydrogen) atoms. The lowest BCUT2D eigenvalue weighted by Crippen LogP contribution is -2.25. The molecule has 4 heteroatoms. The Morgan fingerprint density at radius 2 is 1.63 bits per heavy atom. The van der Waals surface area contributed by atoms with Gasteiger partial charge in [-0.25, -0.2) is 0 Å². The van der Waals surface area contributed by atoms with Gasteiger partial charge in [0, 0.05) is 23.4 Å². The molecule has 4 nitrogen and oxygen atoms in total. The van der Waals surface area contributed by atoms with Crippen LogP contribution in [0.15, 0.2) is 36.4 Å². The van der Waals surface area contributed by atoms with E-state index in [1.54, 1.807) is 12.1 Å². The average Bonchev–Trinajstić information content (AvgIpc) is 3.42. The number of rotatable bonds is 5.